The van der Waals surface area contributed by atoms with Crippen molar-refractivity contribution in [1.82, 2.24) is 0 Å². The van der Waals surface area contributed by atoms with E-state index in [2.05, 4.69) is 124 Å². The molecular formula is C61H100O6. The van der Waals surface area contributed by atoms with Crippen molar-refractivity contribution in [3.8, 4) is 0 Å². The standard InChI is InChI=1S/C61H100O6/c1-4-7-10-13-16-19-22-25-27-29-30-32-33-36-39-42-45-48-51-54-60(63)66-57-58(56-65-59(62)53-50-47-44-41-38-35-24-21-18-15-12-9-6-3)67-61(64)55-52-49-46-43-40-37-34-31-28-26-23-20-17-14-11-8-5-2/h7,10,16-17,19-20,25-28,30,32,35-36,38-39,45,48,58H,4-6,8-9,11-15,18,21-24,29,31,33-34,37,40-44,46-47,49-57H2,1-3H3/b10-7-,19-16-,20-17-,27-25-,28-26-,32-30-,38-35-,39-36-,48-45-. The number of hydrogen-bond donors (Lipinski definition) is 0. The summed E-state index contributed by atoms with van der Waals surface area (Å²) in [5.41, 5.74) is 0. The van der Waals surface area contributed by atoms with Gasteiger partial charge in [0.2, 0.25) is 0 Å². The molecule has 0 aliphatic rings. The molecule has 0 aromatic carbocycles. The zero-order valence-corrected chi connectivity index (χ0v) is 43.4. The molecule has 0 spiro atoms. The second-order valence-corrected chi connectivity index (χ2v) is 17.7. The lowest BCUT2D eigenvalue weighted by Crippen LogP contribution is -2.30. The largest absolute Gasteiger partial charge is 0.462 e. The van der Waals surface area contributed by atoms with E-state index in [1.807, 2.05) is 6.08 Å². The minimum atomic E-state index is -0.820. The van der Waals surface area contributed by atoms with Crippen LogP contribution in [0.5, 0.6) is 0 Å². The third-order valence-electron chi connectivity index (χ3n) is 11.2. The SMILES string of the molecule is CC/C=C\C/C=C\C/C=C\C/C=C\C/C=C\C/C=C\CCC(=O)OCC(COC(=O)CCCCC/C=C\CCCCCCCC)OC(=O)CCCCCCCCC/C=C\C/C=C\CCCCC. The van der Waals surface area contributed by atoms with Gasteiger partial charge in [-0.15, -0.1) is 0 Å². The summed E-state index contributed by atoms with van der Waals surface area (Å²) in [7, 11) is 0. The van der Waals surface area contributed by atoms with Gasteiger partial charge in [-0.2, -0.15) is 0 Å². The molecule has 0 radical (unpaired) electrons. The van der Waals surface area contributed by atoms with Crippen LogP contribution in [-0.2, 0) is 28.6 Å². The van der Waals surface area contributed by atoms with Crippen molar-refractivity contribution in [2.24, 2.45) is 0 Å². The summed E-state index contributed by atoms with van der Waals surface area (Å²) in [5.74, 6) is -1.03. The minimum absolute atomic E-state index is 0.114. The Hall–Kier alpha value is -3.93. The summed E-state index contributed by atoms with van der Waals surface area (Å²) in [6.07, 6.45) is 73.7. The lowest BCUT2D eigenvalue weighted by molar-refractivity contribution is -0.166. The highest BCUT2D eigenvalue weighted by Gasteiger charge is 2.19. The number of allylic oxidation sites excluding steroid dienone is 18. The average Bonchev–Trinajstić information content (AvgIpc) is 3.33. The molecule has 380 valence electrons. The van der Waals surface area contributed by atoms with E-state index in [1.54, 1.807) is 0 Å². The first-order valence-corrected chi connectivity index (χ1v) is 27.4. The molecule has 0 heterocycles. The molecule has 1 atom stereocenters. The van der Waals surface area contributed by atoms with Crippen LogP contribution in [-0.4, -0.2) is 37.2 Å². The third kappa shape index (κ3) is 52.9. The van der Waals surface area contributed by atoms with Crippen molar-refractivity contribution < 1.29 is 28.6 Å². The van der Waals surface area contributed by atoms with Crippen LogP contribution < -0.4 is 0 Å². The fraction of sp³-hybridized carbons (Fsp3) is 0.656. The fourth-order valence-corrected chi connectivity index (χ4v) is 7.14. The van der Waals surface area contributed by atoms with Crippen LogP contribution in [0.25, 0.3) is 0 Å². The Balaban J connectivity index is 4.54. The predicted octanol–water partition coefficient (Wildman–Crippen LogP) is 18.3. The normalized spacial score (nSPS) is 12.9. The summed E-state index contributed by atoms with van der Waals surface area (Å²) in [5, 5.41) is 0. The van der Waals surface area contributed by atoms with Crippen LogP contribution in [0.15, 0.2) is 109 Å². The molecule has 0 aromatic rings. The Morgan fingerprint density at radius 1 is 0.313 bits per heavy atom. The molecule has 0 saturated heterocycles. The van der Waals surface area contributed by atoms with Gasteiger partial charge < -0.3 is 14.2 Å². The lowest BCUT2D eigenvalue weighted by Gasteiger charge is -2.18. The minimum Gasteiger partial charge on any atom is -0.462 e. The lowest BCUT2D eigenvalue weighted by atomic mass is 10.1. The van der Waals surface area contributed by atoms with Gasteiger partial charge in [-0.25, -0.2) is 0 Å². The van der Waals surface area contributed by atoms with Crippen LogP contribution in [0.2, 0.25) is 0 Å². The zero-order valence-electron chi connectivity index (χ0n) is 43.4. The Morgan fingerprint density at radius 2 is 0.612 bits per heavy atom. The van der Waals surface area contributed by atoms with Gasteiger partial charge in [0, 0.05) is 19.3 Å². The number of hydrogen-bond acceptors (Lipinski definition) is 6. The number of esters is 3. The van der Waals surface area contributed by atoms with Crippen LogP contribution in [0.3, 0.4) is 0 Å². The Bertz CT molecular complexity index is 1390. The summed E-state index contributed by atoms with van der Waals surface area (Å²) < 4.78 is 16.7. The average molecular weight is 929 g/mol. The summed E-state index contributed by atoms with van der Waals surface area (Å²) in [6.45, 7) is 6.40. The van der Waals surface area contributed by atoms with E-state index in [-0.39, 0.29) is 37.5 Å². The summed E-state index contributed by atoms with van der Waals surface area (Å²) >= 11 is 0. The third-order valence-corrected chi connectivity index (χ3v) is 11.2. The van der Waals surface area contributed by atoms with Gasteiger partial charge in [-0.3, -0.25) is 14.4 Å². The maximum Gasteiger partial charge on any atom is 0.306 e. The Kier molecular flexibility index (Phi) is 51.5. The van der Waals surface area contributed by atoms with Crippen LogP contribution in [0, 0.1) is 0 Å². The monoisotopic (exact) mass is 929 g/mol. The van der Waals surface area contributed by atoms with Gasteiger partial charge in [-0.05, 0) is 116 Å². The molecule has 0 N–H and O–H groups in total. The number of carbonyl (C=O) groups is 3. The fourth-order valence-electron chi connectivity index (χ4n) is 7.14. The van der Waals surface area contributed by atoms with Gasteiger partial charge in [0.25, 0.3) is 0 Å². The molecule has 0 aromatic heterocycles. The smallest absolute Gasteiger partial charge is 0.306 e. The van der Waals surface area contributed by atoms with E-state index in [4.69, 9.17) is 14.2 Å². The quantitative estimate of drug-likeness (QED) is 0.0262. The number of unbranched alkanes of at least 4 members (excludes halogenated alkanes) is 19. The van der Waals surface area contributed by atoms with Crippen LogP contribution in [0.4, 0.5) is 0 Å². The van der Waals surface area contributed by atoms with E-state index in [1.165, 1.54) is 89.9 Å². The van der Waals surface area contributed by atoms with E-state index in [9.17, 15) is 14.4 Å². The molecule has 6 nitrogen and oxygen atoms in total. The highest BCUT2D eigenvalue weighted by Crippen LogP contribution is 2.13. The maximum absolute atomic E-state index is 12.8. The molecule has 0 fully saturated rings. The molecule has 0 aliphatic heterocycles. The first-order valence-electron chi connectivity index (χ1n) is 27.4. The second kappa shape index (κ2) is 54.7. The number of carbonyl (C=O) groups excluding carboxylic acids is 3. The van der Waals surface area contributed by atoms with Crippen molar-refractivity contribution in [1.29, 1.82) is 0 Å². The second-order valence-electron chi connectivity index (χ2n) is 17.7. The Labute approximate surface area is 412 Å². The molecule has 0 bridgehead atoms. The molecule has 1 unspecified atom stereocenters. The highest BCUT2D eigenvalue weighted by atomic mass is 16.6. The first kappa shape index (κ1) is 63.1. The van der Waals surface area contributed by atoms with Gasteiger partial charge in [0.05, 0.1) is 0 Å². The number of ether oxygens (including phenoxy) is 3. The van der Waals surface area contributed by atoms with Crippen molar-refractivity contribution in [2.75, 3.05) is 13.2 Å². The topological polar surface area (TPSA) is 78.9 Å². The van der Waals surface area contributed by atoms with Gasteiger partial charge in [0.1, 0.15) is 13.2 Å². The highest BCUT2D eigenvalue weighted by molar-refractivity contribution is 5.71. The van der Waals surface area contributed by atoms with Crippen molar-refractivity contribution in [3.63, 3.8) is 0 Å². The summed E-state index contributed by atoms with van der Waals surface area (Å²) in [4.78, 5) is 38.0. The maximum atomic E-state index is 12.8. The van der Waals surface area contributed by atoms with E-state index in [0.29, 0.717) is 19.3 Å². The van der Waals surface area contributed by atoms with Crippen molar-refractivity contribution >= 4 is 17.9 Å². The van der Waals surface area contributed by atoms with Gasteiger partial charge >= 0.3 is 17.9 Å². The molecule has 0 aliphatic carbocycles. The molecule has 6 heteroatoms. The first-order chi connectivity index (χ1) is 33.0. The van der Waals surface area contributed by atoms with E-state index < -0.39 is 6.10 Å². The van der Waals surface area contributed by atoms with Crippen molar-refractivity contribution in [3.05, 3.63) is 109 Å². The Morgan fingerprint density at radius 3 is 1.06 bits per heavy atom. The molecular weight excluding hydrogens is 829 g/mol. The van der Waals surface area contributed by atoms with Crippen LogP contribution >= 0.6 is 0 Å². The zero-order chi connectivity index (χ0) is 48.6. The molecule has 0 saturated carbocycles. The number of rotatable bonds is 48. The van der Waals surface area contributed by atoms with Gasteiger partial charge in [0.15, 0.2) is 6.10 Å². The van der Waals surface area contributed by atoms with Gasteiger partial charge in [-0.1, -0.05) is 214 Å². The molecule has 0 rings (SSSR count). The molecule has 0 amide bonds. The van der Waals surface area contributed by atoms with E-state index in [0.717, 1.165) is 103 Å². The van der Waals surface area contributed by atoms with Crippen molar-refractivity contribution in [2.45, 2.75) is 245 Å². The molecule has 67 heavy (non-hydrogen) atoms. The van der Waals surface area contributed by atoms with E-state index >= 15 is 0 Å². The predicted molar refractivity (Wildman–Crippen MR) is 288 cm³/mol. The van der Waals surface area contributed by atoms with Crippen LogP contribution in [0.1, 0.15) is 239 Å². The summed E-state index contributed by atoms with van der Waals surface area (Å²) in [6, 6.07) is 0.